The summed E-state index contributed by atoms with van der Waals surface area (Å²) in [6, 6.07) is 10.8. The fourth-order valence-corrected chi connectivity index (χ4v) is 5.08. The number of nitrogens with zero attached hydrogens (tertiary/aromatic N) is 2. The van der Waals surface area contributed by atoms with Gasteiger partial charge in [0, 0.05) is 43.2 Å². The number of amides is 4. The molecule has 0 bridgehead atoms. The molecule has 1 fully saturated rings. The number of hydrogen-bond acceptors (Lipinski definition) is 5. The maximum Gasteiger partial charge on any atom is 0.324 e. The summed E-state index contributed by atoms with van der Waals surface area (Å²) < 4.78 is 10.8. The van der Waals surface area contributed by atoms with Crippen molar-refractivity contribution in [1.82, 2.24) is 20.1 Å². The second kappa shape index (κ2) is 9.93. The predicted octanol–water partition coefficient (Wildman–Crippen LogP) is 3.01. The second-order valence-electron chi connectivity index (χ2n) is 9.18. The minimum atomic E-state index is -0.675. The first-order valence-corrected chi connectivity index (χ1v) is 12.2. The van der Waals surface area contributed by atoms with Gasteiger partial charge >= 0.3 is 6.03 Å². The van der Waals surface area contributed by atoms with Gasteiger partial charge in [0.2, 0.25) is 5.91 Å². The maximum atomic E-state index is 12.9. The number of carbonyl (C=O) groups is 3. The molecule has 2 N–H and O–H groups in total. The van der Waals surface area contributed by atoms with E-state index >= 15 is 0 Å². The van der Waals surface area contributed by atoms with Crippen LogP contribution in [0.1, 0.15) is 29.5 Å². The number of urea groups is 1. The second-order valence-corrected chi connectivity index (χ2v) is 9.18. The summed E-state index contributed by atoms with van der Waals surface area (Å²) in [6.07, 6.45) is 3.68. The summed E-state index contributed by atoms with van der Waals surface area (Å²) in [5.74, 6) is 1.02. The number of benzene rings is 2. The van der Waals surface area contributed by atoms with Crippen molar-refractivity contribution >= 4 is 28.7 Å². The zero-order valence-corrected chi connectivity index (χ0v) is 20.5. The third kappa shape index (κ3) is 4.48. The summed E-state index contributed by atoms with van der Waals surface area (Å²) in [4.78, 5) is 44.6. The van der Waals surface area contributed by atoms with Crippen molar-refractivity contribution in [2.75, 3.05) is 27.3 Å². The van der Waals surface area contributed by atoms with Gasteiger partial charge in [-0.2, -0.15) is 0 Å². The molecule has 1 saturated heterocycles. The van der Waals surface area contributed by atoms with E-state index in [1.165, 1.54) is 4.90 Å². The van der Waals surface area contributed by atoms with Crippen LogP contribution in [0.5, 0.6) is 11.5 Å². The van der Waals surface area contributed by atoms with E-state index in [9.17, 15) is 14.4 Å². The van der Waals surface area contributed by atoms with E-state index in [0.29, 0.717) is 37.6 Å². The Kier molecular flexibility index (Phi) is 6.54. The molecule has 1 aromatic heterocycles. The average Bonchev–Trinajstić information content (AvgIpc) is 3.44. The Hall–Kier alpha value is -4.01. The van der Waals surface area contributed by atoms with Crippen LogP contribution in [0.2, 0.25) is 0 Å². The molecule has 0 aliphatic carbocycles. The number of hydrogen-bond donors (Lipinski definition) is 2. The van der Waals surface area contributed by atoms with Crippen LogP contribution in [-0.2, 0) is 29.0 Å². The number of fused-ring (bicyclic) bond motifs is 2. The van der Waals surface area contributed by atoms with Gasteiger partial charge in [-0.3, -0.25) is 14.5 Å². The topological polar surface area (TPSA) is 104 Å². The number of carbonyl (C=O) groups excluding carboxylic acids is 3. The van der Waals surface area contributed by atoms with Crippen molar-refractivity contribution in [1.29, 1.82) is 0 Å². The van der Waals surface area contributed by atoms with Crippen molar-refractivity contribution < 1.29 is 23.9 Å². The summed E-state index contributed by atoms with van der Waals surface area (Å²) >= 11 is 0. The lowest BCUT2D eigenvalue weighted by molar-refractivity contribution is -0.132. The number of imide groups is 1. The van der Waals surface area contributed by atoms with Crippen molar-refractivity contribution in [2.45, 2.75) is 38.3 Å². The van der Waals surface area contributed by atoms with E-state index in [4.69, 9.17) is 9.47 Å². The van der Waals surface area contributed by atoms with Gasteiger partial charge in [-0.15, -0.1) is 0 Å². The SMILES string of the molecule is COc1cc2c(cc1OC)CN(C(=O)CC[C@@H]1NC(=O)N(CCc3c[nH]c4ccccc34)C1=O)CC2. The highest BCUT2D eigenvalue weighted by molar-refractivity contribution is 6.04. The quantitative estimate of drug-likeness (QED) is 0.473. The van der Waals surface area contributed by atoms with E-state index in [1.54, 1.807) is 19.1 Å². The number of aromatic nitrogens is 1. The summed E-state index contributed by atoms with van der Waals surface area (Å²) in [5.41, 5.74) is 4.25. The van der Waals surface area contributed by atoms with Gasteiger partial charge in [0.05, 0.1) is 14.2 Å². The number of para-hydroxylation sites is 1. The number of nitrogens with one attached hydrogen (secondary N) is 2. The Morgan fingerprint density at radius 3 is 2.61 bits per heavy atom. The number of methoxy groups -OCH3 is 2. The molecule has 2 aromatic carbocycles. The molecule has 36 heavy (non-hydrogen) atoms. The normalized spacial score (nSPS) is 17.3. The zero-order valence-electron chi connectivity index (χ0n) is 20.5. The number of rotatable bonds is 8. The van der Waals surface area contributed by atoms with E-state index in [1.807, 2.05) is 42.6 Å². The number of ether oxygens (including phenoxy) is 2. The molecule has 3 heterocycles. The Balaban J connectivity index is 1.16. The first kappa shape index (κ1) is 23.7. The largest absolute Gasteiger partial charge is 0.493 e. The van der Waals surface area contributed by atoms with E-state index in [-0.39, 0.29) is 24.7 Å². The van der Waals surface area contributed by atoms with Gasteiger partial charge < -0.3 is 24.7 Å². The molecule has 3 aromatic rings. The lowest BCUT2D eigenvalue weighted by atomic mass is 9.98. The molecule has 0 radical (unpaired) electrons. The minimum absolute atomic E-state index is 0.0327. The highest BCUT2D eigenvalue weighted by atomic mass is 16.5. The highest BCUT2D eigenvalue weighted by Crippen LogP contribution is 2.33. The van der Waals surface area contributed by atoms with Crippen LogP contribution in [-0.4, -0.2) is 66.0 Å². The van der Waals surface area contributed by atoms with E-state index in [2.05, 4.69) is 10.3 Å². The zero-order chi connectivity index (χ0) is 25.2. The molecule has 2 aliphatic heterocycles. The molecule has 9 nitrogen and oxygen atoms in total. The Morgan fingerprint density at radius 2 is 1.83 bits per heavy atom. The fourth-order valence-electron chi connectivity index (χ4n) is 5.08. The minimum Gasteiger partial charge on any atom is -0.493 e. The molecule has 0 unspecified atom stereocenters. The molecule has 1 atom stereocenters. The van der Waals surface area contributed by atoms with Crippen LogP contribution in [0.3, 0.4) is 0 Å². The van der Waals surface area contributed by atoms with Crippen molar-refractivity contribution in [3.63, 3.8) is 0 Å². The fraction of sp³-hybridized carbons (Fsp3) is 0.370. The smallest absolute Gasteiger partial charge is 0.324 e. The van der Waals surface area contributed by atoms with E-state index < -0.39 is 12.1 Å². The van der Waals surface area contributed by atoms with Crippen LogP contribution >= 0.6 is 0 Å². The summed E-state index contributed by atoms with van der Waals surface area (Å²) in [5, 5.41) is 3.84. The molecule has 9 heteroatoms. The third-order valence-electron chi connectivity index (χ3n) is 7.10. The maximum absolute atomic E-state index is 12.9. The van der Waals surface area contributed by atoms with Gasteiger partial charge in [0.1, 0.15) is 6.04 Å². The molecular formula is C27H30N4O5. The molecular weight excluding hydrogens is 460 g/mol. The van der Waals surface area contributed by atoms with Crippen LogP contribution in [0, 0.1) is 0 Å². The van der Waals surface area contributed by atoms with Crippen molar-refractivity contribution in [2.24, 2.45) is 0 Å². The predicted molar refractivity (Wildman–Crippen MR) is 134 cm³/mol. The molecule has 188 valence electrons. The standard InChI is InChI=1S/C27H30N4O5/c1-35-23-13-17-9-11-30(16-19(17)14-24(23)36-2)25(32)8-7-22-26(33)31(27(34)29-22)12-10-18-15-28-21-6-4-3-5-20(18)21/h3-6,13-15,22,28H,7-12,16H2,1-2H3,(H,29,34)/t22-/m0/s1. The lowest BCUT2D eigenvalue weighted by Crippen LogP contribution is -2.37. The van der Waals surface area contributed by atoms with Crippen LogP contribution < -0.4 is 14.8 Å². The van der Waals surface area contributed by atoms with E-state index in [0.717, 1.165) is 34.0 Å². The van der Waals surface area contributed by atoms with Gasteiger partial charge in [-0.25, -0.2) is 4.79 Å². The monoisotopic (exact) mass is 490 g/mol. The van der Waals surface area contributed by atoms with Crippen molar-refractivity contribution in [3.05, 3.63) is 59.3 Å². The molecule has 5 rings (SSSR count). The number of H-pyrrole nitrogens is 1. The highest BCUT2D eigenvalue weighted by Gasteiger charge is 2.38. The first-order valence-electron chi connectivity index (χ1n) is 12.2. The lowest BCUT2D eigenvalue weighted by Gasteiger charge is -2.30. The van der Waals surface area contributed by atoms with Crippen LogP contribution in [0.25, 0.3) is 10.9 Å². The van der Waals surface area contributed by atoms with Crippen molar-refractivity contribution in [3.8, 4) is 11.5 Å². The summed E-state index contributed by atoms with van der Waals surface area (Å²) in [6.45, 7) is 1.38. The van der Waals surface area contributed by atoms with Gasteiger partial charge in [0.15, 0.2) is 11.5 Å². The van der Waals surface area contributed by atoms with Gasteiger partial charge in [-0.1, -0.05) is 18.2 Å². The molecule has 4 amide bonds. The number of aromatic amines is 1. The Morgan fingerprint density at radius 1 is 1.08 bits per heavy atom. The van der Waals surface area contributed by atoms with Crippen LogP contribution in [0.4, 0.5) is 4.79 Å². The molecule has 2 aliphatic rings. The van der Waals surface area contributed by atoms with Gasteiger partial charge in [0.25, 0.3) is 5.91 Å². The van der Waals surface area contributed by atoms with Gasteiger partial charge in [-0.05, 0) is 54.2 Å². The summed E-state index contributed by atoms with van der Waals surface area (Å²) in [7, 11) is 3.20. The first-order chi connectivity index (χ1) is 17.5. The molecule has 0 saturated carbocycles. The average molecular weight is 491 g/mol. The third-order valence-corrected chi connectivity index (χ3v) is 7.10. The Labute approximate surface area is 209 Å². The van der Waals surface area contributed by atoms with Crippen LogP contribution in [0.15, 0.2) is 42.6 Å². The Bertz CT molecular complexity index is 1320. The molecule has 0 spiro atoms.